The van der Waals surface area contributed by atoms with E-state index >= 15 is 0 Å². The molecule has 1 aromatic heterocycles. The fraction of sp³-hybridized carbons (Fsp3) is 0.208. The van der Waals surface area contributed by atoms with E-state index in [4.69, 9.17) is 0 Å². The van der Waals surface area contributed by atoms with Crippen LogP contribution in [0.25, 0.3) is 0 Å². The van der Waals surface area contributed by atoms with Crippen LogP contribution in [0.15, 0.2) is 71.6 Å². The van der Waals surface area contributed by atoms with Crippen molar-refractivity contribution >= 4 is 29.2 Å². The topological polar surface area (TPSA) is 74.8 Å². The second-order valence-corrected chi connectivity index (χ2v) is 7.38. The number of hydrogen-bond donors (Lipinski definition) is 3. The molecule has 1 heterocycles. The maximum atomic E-state index is 4.58. The van der Waals surface area contributed by atoms with Gasteiger partial charge in [-0.25, -0.2) is 0 Å². The summed E-state index contributed by atoms with van der Waals surface area (Å²) in [5, 5.41) is 9.93. The van der Waals surface area contributed by atoms with Crippen LogP contribution in [0, 0.1) is 13.8 Å². The first-order valence-electron chi connectivity index (χ1n) is 9.92. The summed E-state index contributed by atoms with van der Waals surface area (Å²) in [5.41, 5.74) is 11.4. The van der Waals surface area contributed by atoms with Gasteiger partial charge in [0.05, 0.1) is 6.04 Å². The van der Waals surface area contributed by atoms with Gasteiger partial charge in [0.1, 0.15) is 0 Å². The minimum Gasteiger partial charge on any atom is -0.347 e. The second kappa shape index (κ2) is 8.66. The van der Waals surface area contributed by atoms with E-state index in [1.807, 2.05) is 61.5 Å². The molecule has 1 aliphatic carbocycles. The van der Waals surface area contributed by atoms with Crippen LogP contribution in [0.5, 0.6) is 0 Å². The third kappa shape index (κ3) is 4.95. The van der Waals surface area contributed by atoms with Crippen molar-refractivity contribution in [1.29, 1.82) is 0 Å². The van der Waals surface area contributed by atoms with E-state index in [-0.39, 0.29) is 6.04 Å². The van der Waals surface area contributed by atoms with Gasteiger partial charge in [-0.3, -0.25) is 0 Å². The van der Waals surface area contributed by atoms with Gasteiger partial charge in [0.25, 0.3) is 0 Å². The Balaban J connectivity index is 1.63. The van der Waals surface area contributed by atoms with Crippen molar-refractivity contribution in [2.24, 2.45) is 0 Å². The van der Waals surface area contributed by atoms with Gasteiger partial charge in [0.2, 0.25) is 17.8 Å². The Morgan fingerprint density at radius 2 is 1.23 bits per heavy atom. The van der Waals surface area contributed by atoms with Crippen LogP contribution in [0.3, 0.4) is 0 Å². The molecule has 1 unspecified atom stereocenters. The second-order valence-electron chi connectivity index (χ2n) is 7.38. The van der Waals surface area contributed by atoms with E-state index in [2.05, 4.69) is 56.2 Å². The normalized spacial score (nSPS) is 14.9. The molecule has 30 heavy (non-hydrogen) atoms. The molecule has 0 saturated heterocycles. The molecule has 1 atom stereocenters. The first-order valence-corrected chi connectivity index (χ1v) is 9.92. The number of nitrogens with one attached hydrogen (secondary N) is 3. The molecule has 0 aliphatic heterocycles. The van der Waals surface area contributed by atoms with Crippen molar-refractivity contribution < 1.29 is 0 Å². The van der Waals surface area contributed by atoms with Crippen molar-refractivity contribution in [3.63, 3.8) is 0 Å². The highest BCUT2D eigenvalue weighted by Gasteiger charge is 2.15. The Morgan fingerprint density at radius 1 is 0.733 bits per heavy atom. The van der Waals surface area contributed by atoms with Gasteiger partial charge in [0, 0.05) is 11.4 Å². The Labute approximate surface area is 176 Å². The molecule has 4 rings (SSSR count). The van der Waals surface area contributed by atoms with Gasteiger partial charge in [-0.2, -0.15) is 15.0 Å². The smallest absolute Gasteiger partial charge is 0.233 e. The minimum atomic E-state index is 0.0769. The SMILES string of the molecule is CC1=C=C=CCC1Nc1nc(Nc2ccc(C)cc2)nc(Nc2ccc(C)cc2)n1. The Morgan fingerprint density at radius 3 is 1.73 bits per heavy atom. The molecule has 0 radical (unpaired) electrons. The number of aryl methyl sites for hydroxylation is 2. The molecule has 3 aromatic rings. The van der Waals surface area contributed by atoms with E-state index in [0.717, 1.165) is 23.4 Å². The molecular formula is C24H24N6. The maximum absolute atomic E-state index is 4.58. The standard InChI is InChI=1S/C24H24N6/c1-16-8-12-19(13-9-16)25-22-28-23(26-20-14-10-17(2)11-15-20)30-24(29-22)27-21-7-5-4-6-18(21)3/h5,8-15,21H,7H2,1-3H3,(H3,25,26,27,28,29,30). The fourth-order valence-corrected chi connectivity index (χ4v) is 3.01. The molecule has 0 bridgehead atoms. The third-order valence-electron chi connectivity index (χ3n) is 4.80. The molecule has 3 N–H and O–H groups in total. The largest absolute Gasteiger partial charge is 0.347 e. The Kier molecular flexibility index (Phi) is 5.62. The van der Waals surface area contributed by atoms with Crippen LogP contribution >= 0.6 is 0 Å². The fourth-order valence-electron chi connectivity index (χ4n) is 3.01. The summed E-state index contributed by atoms with van der Waals surface area (Å²) in [5.74, 6) is 1.43. The van der Waals surface area contributed by atoms with E-state index in [1.165, 1.54) is 11.1 Å². The monoisotopic (exact) mass is 396 g/mol. The lowest BCUT2D eigenvalue weighted by atomic mass is 10.0. The van der Waals surface area contributed by atoms with Crippen LogP contribution in [0.2, 0.25) is 0 Å². The van der Waals surface area contributed by atoms with Gasteiger partial charge in [0.15, 0.2) is 0 Å². The highest BCUT2D eigenvalue weighted by Crippen LogP contribution is 2.21. The molecule has 6 nitrogen and oxygen atoms in total. The number of hydrogen-bond acceptors (Lipinski definition) is 6. The van der Waals surface area contributed by atoms with Crippen molar-refractivity contribution in [3.8, 4) is 0 Å². The summed E-state index contributed by atoms with van der Waals surface area (Å²) in [6.07, 6.45) is 2.77. The zero-order chi connectivity index (χ0) is 20.9. The van der Waals surface area contributed by atoms with Crippen LogP contribution in [0.4, 0.5) is 29.2 Å². The summed E-state index contributed by atoms with van der Waals surface area (Å²) >= 11 is 0. The van der Waals surface area contributed by atoms with E-state index in [0.29, 0.717) is 17.8 Å². The molecule has 150 valence electrons. The minimum absolute atomic E-state index is 0.0769. The van der Waals surface area contributed by atoms with Crippen LogP contribution in [-0.4, -0.2) is 21.0 Å². The number of benzene rings is 2. The number of nitrogens with zero attached hydrogens (tertiary/aromatic N) is 3. The number of anilines is 5. The Hall–Kier alpha value is -3.85. The van der Waals surface area contributed by atoms with Crippen molar-refractivity contribution in [1.82, 2.24) is 15.0 Å². The summed E-state index contributed by atoms with van der Waals surface area (Å²) < 4.78 is 0. The first-order chi connectivity index (χ1) is 14.5. The summed E-state index contributed by atoms with van der Waals surface area (Å²) in [6, 6.07) is 16.3. The highest BCUT2D eigenvalue weighted by molar-refractivity contribution is 5.59. The van der Waals surface area contributed by atoms with Gasteiger partial charge in [-0.05, 0) is 63.1 Å². The predicted molar refractivity (Wildman–Crippen MR) is 122 cm³/mol. The molecule has 0 saturated carbocycles. The van der Waals surface area contributed by atoms with Gasteiger partial charge < -0.3 is 16.0 Å². The van der Waals surface area contributed by atoms with Crippen LogP contribution < -0.4 is 16.0 Å². The summed E-state index contributed by atoms with van der Waals surface area (Å²) in [4.78, 5) is 13.7. The van der Waals surface area contributed by atoms with E-state index < -0.39 is 0 Å². The van der Waals surface area contributed by atoms with Crippen molar-refractivity contribution in [3.05, 3.63) is 82.8 Å². The average Bonchev–Trinajstić information content (AvgIpc) is 2.73. The van der Waals surface area contributed by atoms with Crippen molar-refractivity contribution in [2.45, 2.75) is 33.2 Å². The van der Waals surface area contributed by atoms with Gasteiger partial charge in [-0.1, -0.05) is 46.9 Å². The van der Waals surface area contributed by atoms with E-state index in [9.17, 15) is 0 Å². The third-order valence-corrected chi connectivity index (χ3v) is 4.80. The zero-order valence-electron chi connectivity index (χ0n) is 17.3. The lowest BCUT2D eigenvalue weighted by Gasteiger charge is -2.18. The van der Waals surface area contributed by atoms with Crippen molar-refractivity contribution in [2.75, 3.05) is 16.0 Å². The number of rotatable bonds is 6. The molecular weight excluding hydrogens is 372 g/mol. The molecule has 2 aromatic carbocycles. The molecule has 0 amide bonds. The Bertz CT molecular complexity index is 1070. The summed E-state index contributed by atoms with van der Waals surface area (Å²) in [7, 11) is 0. The summed E-state index contributed by atoms with van der Waals surface area (Å²) in [6.45, 7) is 6.14. The maximum Gasteiger partial charge on any atom is 0.233 e. The first kappa shape index (κ1) is 19.5. The van der Waals surface area contributed by atoms with Gasteiger partial charge in [-0.15, -0.1) is 0 Å². The highest BCUT2D eigenvalue weighted by atomic mass is 15.3. The van der Waals surface area contributed by atoms with Gasteiger partial charge >= 0.3 is 0 Å². The quantitative estimate of drug-likeness (QED) is 0.483. The lowest BCUT2D eigenvalue weighted by Crippen LogP contribution is -2.22. The molecule has 1 aliphatic rings. The zero-order valence-corrected chi connectivity index (χ0v) is 17.3. The molecule has 0 spiro atoms. The van der Waals surface area contributed by atoms with Crippen LogP contribution in [0.1, 0.15) is 24.5 Å². The van der Waals surface area contributed by atoms with Crippen LogP contribution in [-0.2, 0) is 0 Å². The molecule has 6 heteroatoms. The predicted octanol–water partition coefficient (Wildman–Crippen LogP) is 5.42. The number of aromatic nitrogens is 3. The average molecular weight is 396 g/mol. The molecule has 0 fully saturated rings. The van der Waals surface area contributed by atoms with E-state index in [1.54, 1.807) is 0 Å². The lowest BCUT2D eigenvalue weighted by molar-refractivity contribution is 0.815.